The zero-order valence-electron chi connectivity index (χ0n) is 13.1. The zero-order chi connectivity index (χ0) is 15.5. The first-order valence-corrected chi connectivity index (χ1v) is 8.23. The maximum Gasteiger partial charge on any atom is 0.238 e. The largest absolute Gasteiger partial charge is 0.348 e. The molecule has 1 aliphatic heterocycles. The fourth-order valence-electron chi connectivity index (χ4n) is 3.34. The Morgan fingerprint density at radius 1 is 1.27 bits per heavy atom. The number of nitrogens with one attached hydrogen (secondary N) is 1. The third-order valence-corrected chi connectivity index (χ3v) is 4.77. The molecule has 1 aromatic carbocycles. The van der Waals surface area contributed by atoms with Crippen molar-refractivity contribution < 1.29 is 4.79 Å². The van der Waals surface area contributed by atoms with Gasteiger partial charge in [-0.25, -0.2) is 0 Å². The van der Waals surface area contributed by atoms with E-state index in [0.717, 1.165) is 18.7 Å². The molecule has 0 spiro atoms. The van der Waals surface area contributed by atoms with Crippen molar-refractivity contribution in [1.29, 1.82) is 5.26 Å². The molecule has 1 saturated carbocycles. The van der Waals surface area contributed by atoms with E-state index in [2.05, 4.69) is 16.3 Å². The van der Waals surface area contributed by atoms with Crippen molar-refractivity contribution in [2.45, 2.75) is 44.7 Å². The van der Waals surface area contributed by atoms with Crippen LogP contribution in [0.4, 0.5) is 0 Å². The molecule has 1 N–H and O–H groups in total. The molecule has 1 aliphatic carbocycles. The van der Waals surface area contributed by atoms with E-state index in [1.165, 1.54) is 25.7 Å². The predicted molar refractivity (Wildman–Crippen MR) is 85.0 cm³/mol. The van der Waals surface area contributed by atoms with Crippen LogP contribution in [-0.2, 0) is 4.79 Å². The average Bonchev–Trinajstić information content (AvgIpc) is 3.21. The molecule has 2 aliphatic rings. The van der Waals surface area contributed by atoms with Gasteiger partial charge in [-0.1, -0.05) is 12.1 Å². The number of nitrogens with zero attached hydrogens (tertiary/aromatic N) is 2. The van der Waals surface area contributed by atoms with Gasteiger partial charge in [0.15, 0.2) is 0 Å². The first-order valence-electron chi connectivity index (χ1n) is 8.23. The van der Waals surface area contributed by atoms with E-state index in [1.807, 2.05) is 19.1 Å². The number of nitriles is 1. The predicted octanol–water partition coefficient (Wildman–Crippen LogP) is 2.61. The Balaban J connectivity index is 1.64. The van der Waals surface area contributed by atoms with Gasteiger partial charge in [-0.3, -0.25) is 9.69 Å². The highest BCUT2D eigenvalue weighted by Gasteiger charge is 2.41. The number of carbonyl (C=O) groups is 1. The molecule has 0 aromatic heterocycles. The monoisotopic (exact) mass is 297 g/mol. The zero-order valence-corrected chi connectivity index (χ0v) is 13.1. The quantitative estimate of drug-likeness (QED) is 0.909. The van der Waals surface area contributed by atoms with Crippen LogP contribution in [0.2, 0.25) is 0 Å². The van der Waals surface area contributed by atoms with Crippen LogP contribution >= 0.6 is 0 Å². The summed E-state index contributed by atoms with van der Waals surface area (Å²) in [7, 11) is 0. The summed E-state index contributed by atoms with van der Waals surface area (Å²) >= 11 is 0. The van der Waals surface area contributed by atoms with Gasteiger partial charge in [0.05, 0.1) is 23.7 Å². The summed E-state index contributed by atoms with van der Waals surface area (Å²) in [6.07, 6.45) is 4.78. The number of benzene rings is 1. The van der Waals surface area contributed by atoms with Gasteiger partial charge in [-0.05, 0) is 69.3 Å². The van der Waals surface area contributed by atoms with Gasteiger partial charge in [0.1, 0.15) is 0 Å². The lowest BCUT2D eigenvalue weighted by Gasteiger charge is -2.28. The minimum absolute atomic E-state index is 0.0240. The van der Waals surface area contributed by atoms with Gasteiger partial charge in [0, 0.05) is 0 Å². The molecule has 4 nitrogen and oxygen atoms in total. The van der Waals surface area contributed by atoms with Crippen LogP contribution in [0.15, 0.2) is 24.3 Å². The minimum Gasteiger partial charge on any atom is -0.348 e. The SMILES string of the molecule is C[C@H](NC(=O)[C@H](C1CC1)N1CCCC1)c1ccc(C#N)cc1. The van der Waals surface area contributed by atoms with E-state index in [1.54, 1.807) is 12.1 Å². The molecule has 22 heavy (non-hydrogen) atoms. The molecule has 0 unspecified atom stereocenters. The van der Waals surface area contributed by atoms with Crippen molar-refractivity contribution in [2.24, 2.45) is 5.92 Å². The second kappa shape index (κ2) is 6.50. The second-order valence-corrected chi connectivity index (χ2v) is 6.49. The van der Waals surface area contributed by atoms with E-state index in [4.69, 9.17) is 5.26 Å². The molecule has 1 amide bonds. The molecule has 2 atom stereocenters. The van der Waals surface area contributed by atoms with E-state index in [0.29, 0.717) is 11.5 Å². The molecule has 1 aromatic rings. The molecular weight excluding hydrogens is 274 g/mol. The van der Waals surface area contributed by atoms with Gasteiger partial charge < -0.3 is 5.32 Å². The van der Waals surface area contributed by atoms with Gasteiger partial charge in [0.25, 0.3) is 0 Å². The lowest BCUT2D eigenvalue weighted by atomic mass is 10.0. The summed E-state index contributed by atoms with van der Waals surface area (Å²) in [5.41, 5.74) is 1.69. The lowest BCUT2D eigenvalue weighted by molar-refractivity contribution is -0.127. The van der Waals surface area contributed by atoms with Gasteiger partial charge >= 0.3 is 0 Å². The molecular formula is C18H23N3O. The van der Waals surface area contributed by atoms with E-state index < -0.39 is 0 Å². The van der Waals surface area contributed by atoms with Crippen LogP contribution in [0.1, 0.15) is 49.8 Å². The Bertz CT molecular complexity index is 565. The molecule has 1 heterocycles. The Hall–Kier alpha value is -1.86. The summed E-state index contributed by atoms with van der Waals surface area (Å²) in [5.74, 6) is 0.715. The Kier molecular flexibility index (Phi) is 4.44. The van der Waals surface area contributed by atoms with Crippen LogP contribution in [0.25, 0.3) is 0 Å². The number of hydrogen-bond acceptors (Lipinski definition) is 3. The number of amides is 1. The first kappa shape index (κ1) is 15.1. The third kappa shape index (κ3) is 3.31. The first-order chi connectivity index (χ1) is 10.7. The summed E-state index contributed by atoms with van der Waals surface area (Å²) < 4.78 is 0. The van der Waals surface area contributed by atoms with Crippen molar-refractivity contribution in [3.63, 3.8) is 0 Å². The maximum absolute atomic E-state index is 12.7. The number of likely N-dealkylation sites (tertiary alicyclic amines) is 1. The molecule has 0 radical (unpaired) electrons. The van der Waals surface area contributed by atoms with Crippen LogP contribution < -0.4 is 5.32 Å². The topological polar surface area (TPSA) is 56.1 Å². The van der Waals surface area contributed by atoms with Crippen LogP contribution in [-0.4, -0.2) is 29.9 Å². The normalized spacial score (nSPS) is 21.1. The van der Waals surface area contributed by atoms with E-state index >= 15 is 0 Å². The summed E-state index contributed by atoms with van der Waals surface area (Å²) in [5, 5.41) is 12.0. The molecule has 2 fully saturated rings. The third-order valence-electron chi connectivity index (χ3n) is 4.77. The van der Waals surface area contributed by atoms with Crippen LogP contribution in [0.3, 0.4) is 0 Å². The highest BCUT2D eigenvalue weighted by atomic mass is 16.2. The molecule has 4 heteroatoms. The van der Waals surface area contributed by atoms with Crippen LogP contribution in [0, 0.1) is 17.2 Å². The number of carbonyl (C=O) groups excluding carboxylic acids is 1. The van der Waals surface area contributed by atoms with Crippen molar-refractivity contribution >= 4 is 5.91 Å². The maximum atomic E-state index is 12.7. The standard InChI is InChI=1S/C18H23N3O/c1-13(15-6-4-14(12-19)5-7-15)20-18(22)17(16-8-9-16)21-10-2-3-11-21/h4-7,13,16-17H,2-3,8-11H2,1H3,(H,20,22)/t13-,17-/m0/s1. The number of rotatable bonds is 5. The smallest absolute Gasteiger partial charge is 0.238 e. The van der Waals surface area contributed by atoms with Gasteiger partial charge in [-0.15, -0.1) is 0 Å². The fraction of sp³-hybridized carbons (Fsp3) is 0.556. The molecule has 1 saturated heterocycles. The highest BCUT2D eigenvalue weighted by Crippen LogP contribution is 2.37. The van der Waals surface area contributed by atoms with Crippen molar-refractivity contribution in [3.05, 3.63) is 35.4 Å². The van der Waals surface area contributed by atoms with Gasteiger partial charge in [-0.2, -0.15) is 5.26 Å². The van der Waals surface area contributed by atoms with Crippen molar-refractivity contribution in [2.75, 3.05) is 13.1 Å². The van der Waals surface area contributed by atoms with E-state index in [9.17, 15) is 4.79 Å². The summed E-state index contributed by atoms with van der Waals surface area (Å²) in [6.45, 7) is 4.12. The summed E-state index contributed by atoms with van der Waals surface area (Å²) in [4.78, 5) is 15.1. The Labute approximate surface area is 132 Å². The lowest BCUT2D eigenvalue weighted by Crippen LogP contribution is -2.47. The highest BCUT2D eigenvalue weighted by molar-refractivity contribution is 5.83. The Morgan fingerprint density at radius 2 is 1.91 bits per heavy atom. The number of hydrogen-bond donors (Lipinski definition) is 1. The van der Waals surface area contributed by atoms with Gasteiger partial charge in [0.2, 0.25) is 5.91 Å². The molecule has 116 valence electrons. The van der Waals surface area contributed by atoms with Crippen molar-refractivity contribution in [1.82, 2.24) is 10.2 Å². The Morgan fingerprint density at radius 3 is 2.45 bits per heavy atom. The average molecular weight is 297 g/mol. The van der Waals surface area contributed by atoms with Crippen LogP contribution in [0.5, 0.6) is 0 Å². The van der Waals surface area contributed by atoms with E-state index in [-0.39, 0.29) is 18.0 Å². The second-order valence-electron chi connectivity index (χ2n) is 6.49. The minimum atomic E-state index is -0.0240. The van der Waals surface area contributed by atoms with Crippen molar-refractivity contribution in [3.8, 4) is 6.07 Å². The summed E-state index contributed by atoms with van der Waals surface area (Å²) in [6, 6.07) is 9.60. The molecule has 3 rings (SSSR count). The fourth-order valence-corrected chi connectivity index (χ4v) is 3.34. The molecule has 0 bridgehead atoms.